The van der Waals surface area contributed by atoms with Crippen molar-refractivity contribution in [2.45, 2.75) is 64.9 Å². The molecule has 13 heavy (non-hydrogen) atoms. The van der Waals surface area contributed by atoms with E-state index in [0.29, 0.717) is 0 Å². The van der Waals surface area contributed by atoms with Crippen LogP contribution in [0.15, 0.2) is 0 Å². The molecule has 0 saturated heterocycles. The van der Waals surface area contributed by atoms with E-state index in [1.54, 1.807) is 0 Å². The minimum atomic E-state index is -0.374. The summed E-state index contributed by atoms with van der Waals surface area (Å²) in [6, 6.07) is 0. The lowest BCUT2D eigenvalue weighted by molar-refractivity contribution is -0.522. The van der Waals surface area contributed by atoms with Crippen molar-refractivity contribution in [1.29, 1.82) is 0 Å². The average molecular weight is 190 g/mol. The summed E-state index contributed by atoms with van der Waals surface area (Å²) in [4.78, 5) is 4.69. The van der Waals surface area contributed by atoms with Gasteiger partial charge in [0, 0.05) is 0 Å². The molecule has 0 aliphatic rings. The zero-order valence-corrected chi connectivity index (χ0v) is 9.01. The molecule has 0 radical (unpaired) electrons. The molecule has 0 aliphatic carbocycles. The van der Waals surface area contributed by atoms with Crippen LogP contribution in [-0.2, 0) is 9.93 Å². The Morgan fingerprint density at radius 1 is 1.08 bits per heavy atom. The molecule has 80 valence electrons. The highest BCUT2D eigenvalue weighted by Gasteiger charge is 2.19. The van der Waals surface area contributed by atoms with Crippen LogP contribution < -0.4 is 0 Å². The highest BCUT2D eigenvalue weighted by molar-refractivity contribution is 4.65. The molecule has 1 N–H and O–H groups in total. The van der Waals surface area contributed by atoms with Crippen molar-refractivity contribution >= 4 is 0 Å². The lowest BCUT2D eigenvalue weighted by Gasteiger charge is -2.20. The molecule has 0 aliphatic heterocycles. The maximum atomic E-state index is 8.12. The Morgan fingerprint density at radius 3 is 2.23 bits per heavy atom. The van der Waals surface area contributed by atoms with Gasteiger partial charge in [0.05, 0.1) is 0 Å². The predicted octanol–water partition coefficient (Wildman–Crippen LogP) is 3.55. The van der Waals surface area contributed by atoms with Gasteiger partial charge in [-0.1, -0.05) is 44.1 Å². The van der Waals surface area contributed by atoms with E-state index in [-0.39, 0.29) is 5.60 Å². The first kappa shape index (κ1) is 12.9. The van der Waals surface area contributed by atoms with E-state index in [1.807, 2.05) is 13.8 Å². The van der Waals surface area contributed by atoms with Crippen LogP contribution in [0.25, 0.3) is 0 Å². The number of hydrogen-bond donors (Lipinski definition) is 1. The smallest absolute Gasteiger partial charge is 0.101 e. The first-order valence-corrected chi connectivity index (χ1v) is 5.11. The Labute approximate surface area is 80.9 Å². The summed E-state index contributed by atoms with van der Waals surface area (Å²) >= 11 is 0. The third-order valence-corrected chi connectivity index (χ3v) is 2.15. The minimum absolute atomic E-state index is 0.374. The molecule has 3 heteroatoms. The second-order valence-electron chi connectivity index (χ2n) is 4.08. The molecule has 0 aromatic carbocycles. The Balaban J connectivity index is 3.29. The Kier molecular flexibility index (Phi) is 7.23. The normalized spacial score (nSPS) is 12.0. The second-order valence-corrected chi connectivity index (χ2v) is 4.08. The summed E-state index contributed by atoms with van der Waals surface area (Å²) in [7, 11) is 0. The zero-order valence-electron chi connectivity index (χ0n) is 9.01. The Morgan fingerprint density at radius 2 is 1.69 bits per heavy atom. The summed E-state index contributed by atoms with van der Waals surface area (Å²) in [6.45, 7) is 6.01. The van der Waals surface area contributed by atoms with Gasteiger partial charge in [0.2, 0.25) is 0 Å². The summed E-state index contributed by atoms with van der Waals surface area (Å²) in [5.41, 5.74) is -0.374. The molecule has 0 fully saturated rings. The second kappa shape index (κ2) is 7.30. The average Bonchev–Trinajstić information content (AvgIpc) is 2.04. The number of hydrogen-bond acceptors (Lipinski definition) is 3. The maximum absolute atomic E-state index is 8.12. The Bertz CT molecular complexity index is 113. The summed E-state index contributed by atoms with van der Waals surface area (Å²) in [6.07, 6.45) is 7.11. The third kappa shape index (κ3) is 8.22. The van der Waals surface area contributed by atoms with Crippen LogP contribution in [0.1, 0.15) is 59.3 Å². The van der Waals surface area contributed by atoms with Crippen molar-refractivity contribution in [3.8, 4) is 0 Å². The van der Waals surface area contributed by atoms with E-state index in [0.717, 1.165) is 12.8 Å². The lowest BCUT2D eigenvalue weighted by Crippen LogP contribution is -2.23. The van der Waals surface area contributed by atoms with E-state index in [2.05, 4.69) is 12.0 Å². The van der Waals surface area contributed by atoms with Crippen LogP contribution in [0.5, 0.6) is 0 Å². The fraction of sp³-hybridized carbons (Fsp3) is 1.00. The van der Waals surface area contributed by atoms with Gasteiger partial charge in [0.15, 0.2) is 0 Å². The molecule has 0 rings (SSSR count). The summed E-state index contributed by atoms with van der Waals surface area (Å²) < 4.78 is 0. The van der Waals surface area contributed by atoms with Gasteiger partial charge in [-0.05, 0) is 20.3 Å². The molecule has 0 unspecified atom stereocenters. The highest BCUT2D eigenvalue weighted by atomic mass is 17.5. The summed E-state index contributed by atoms with van der Waals surface area (Å²) in [5.74, 6) is 0. The highest BCUT2D eigenvalue weighted by Crippen LogP contribution is 2.18. The van der Waals surface area contributed by atoms with Crippen LogP contribution in [0.4, 0.5) is 0 Å². The zero-order chi connectivity index (χ0) is 10.2. The molecule has 3 nitrogen and oxygen atoms in total. The van der Waals surface area contributed by atoms with Crippen LogP contribution in [0, 0.1) is 0 Å². The maximum Gasteiger partial charge on any atom is 0.101 e. The molecule has 0 spiro atoms. The monoisotopic (exact) mass is 190 g/mol. The van der Waals surface area contributed by atoms with Crippen molar-refractivity contribution < 1.29 is 15.2 Å². The fourth-order valence-electron chi connectivity index (χ4n) is 1.30. The largest absolute Gasteiger partial charge is 0.221 e. The molecular weight excluding hydrogens is 168 g/mol. The van der Waals surface area contributed by atoms with E-state index < -0.39 is 0 Å². The predicted molar refractivity (Wildman–Crippen MR) is 52.3 cm³/mol. The van der Waals surface area contributed by atoms with Crippen LogP contribution in [0.2, 0.25) is 0 Å². The lowest BCUT2D eigenvalue weighted by atomic mass is 10.00. The molecule has 0 saturated carbocycles. The minimum Gasteiger partial charge on any atom is -0.221 e. The quantitative estimate of drug-likeness (QED) is 0.361. The van der Waals surface area contributed by atoms with Gasteiger partial charge >= 0.3 is 0 Å². The van der Waals surface area contributed by atoms with E-state index in [4.69, 9.17) is 10.1 Å². The first-order chi connectivity index (χ1) is 6.12. The summed E-state index contributed by atoms with van der Waals surface area (Å²) in [5, 5.41) is 11.8. The molecule has 0 atom stereocenters. The first-order valence-electron chi connectivity index (χ1n) is 5.11. The molecule has 0 bridgehead atoms. The standard InChI is InChI=1S/C10H22O3/c1-4-5-6-7-8-9-10(2,3)12-13-11/h11H,4-9H2,1-3H3. The molecule has 0 aromatic heterocycles. The number of unbranched alkanes of at least 4 members (excludes halogenated alkanes) is 4. The van der Waals surface area contributed by atoms with Crippen molar-refractivity contribution in [2.75, 3.05) is 0 Å². The molecule has 0 amide bonds. The van der Waals surface area contributed by atoms with Crippen LogP contribution in [-0.4, -0.2) is 10.9 Å². The van der Waals surface area contributed by atoms with E-state index in [1.165, 1.54) is 25.7 Å². The van der Waals surface area contributed by atoms with Crippen LogP contribution in [0.3, 0.4) is 0 Å². The molecule has 0 heterocycles. The number of rotatable bonds is 8. The van der Waals surface area contributed by atoms with Gasteiger partial charge in [0.1, 0.15) is 5.60 Å². The van der Waals surface area contributed by atoms with Crippen molar-refractivity contribution in [3.63, 3.8) is 0 Å². The third-order valence-electron chi connectivity index (χ3n) is 2.15. The van der Waals surface area contributed by atoms with E-state index >= 15 is 0 Å². The van der Waals surface area contributed by atoms with Crippen molar-refractivity contribution in [2.24, 2.45) is 0 Å². The molecular formula is C10H22O3. The van der Waals surface area contributed by atoms with E-state index in [9.17, 15) is 0 Å². The van der Waals surface area contributed by atoms with Crippen LogP contribution >= 0.6 is 0 Å². The topological polar surface area (TPSA) is 38.7 Å². The Hall–Kier alpha value is -0.120. The van der Waals surface area contributed by atoms with Gasteiger partial charge in [0.25, 0.3) is 0 Å². The van der Waals surface area contributed by atoms with Gasteiger partial charge < -0.3 is 0 Å². The SMILES string of the molecule is CCCCCCCC(C)(C)OOO. The molecule has 0 aromatic rings. The fourth-order valence-corrected chi connectivity index (χ4v) is 1.30. The van der Waals surface area contributed by atoms with Gasteiger partial charge in [-0.2, -0.15) is 0 Å². The van der Waals surface area contributed by atoms with Gasteiger partial charge in [-0.25, -0.2) is 10.1 Å². The van der Waals surface area contributed by atoms with Gasteiger partial charge in [-0.3, -0.25) is 0 Å². The van der Waals surface area contributed by atoms with Crippen molar-refractivity contribution in [3.05, 3.63) is 0 Å². The van der Waals surface area contributed by atoms with Gasteiger partial charge in [-0.15, -0.1) is 0 Å². The van der Waals surface area contributed by atoms with Crippen molar-refractivity contribution in [1.82, 2.24) is 0 Å².